The van der Waals surface area contributed by atoms with Crippen molar-refractivity contribution in [1.82, 2.24) is 5.32 Å². The second kappa shape index (κ2) is 7.24. The van der Waals surface area contributed by atoms with Crippen LogP contribution in [-0.2, 0) is 0 Å². The van der Waals surface area contributed by atoms with Gasteiger partial charge in [-0.05, 0) is 49.4 Å². The van der Waals surface area contributed by atoms with E-state index in [9.17, 15) is 9.90 Å². The van der Waals surface area contributed by atoms with E-state index in [4.69, 9.17) is 27.9 Å². The van der Waals surface area contributed by atoms with Gasteiger partial charge in [0.2, 0.25) is 0 Å². The molecule has 0 aliphatic rings. The molecule has 5 nitrogen and oxygen atoms in total. The molecule has 3 N–H and O–H groups in total. The molecule has 0 aromatic heterocycles. The average molecular weight is 341 g/mol. The van der Waals surface area contributed by atoms with Crippen molar-refractivity contribution in [2.75, 3.05) is 5.32 Å². The third-order valence-corrected chi connectivity index (χ3v) is 3.15. The molecule has 1 atom stereocenters. The third kappa shape index (κ3) is 4.72. The quantitative estimate of drug-likeness (QED) is 0.575. The Kier molecular flexibility index (Phi) is 5.35. The summed E-state index contributed by atoms with van der Waals surface area (Å²) < 4.78 is 5.51. The van der Waals surface area contributed by atoms with E-state index in [1.165, 1.54) is 18.2 Å². The molecule has 2 aromatic carbocycles. The molecule has 2 aromatic rings. The molecule has 2 amide bonds. The number of rotatable bonds is 4. The van der Waals surface area contributed by atoms with E-state index in [1.54, 1.807) is 31.2 Å². The van der Waals surface area contributed by atoms with Crippen LogP contribution >= 0.6 is 23.2 Å². The Bertz CT molecular complexity index is 662. The molecule has 2 rings (SSSR count). The molecule has 0 radical (unpaired) electrons. The SMILES string of the molecule is CC(NC(=O)Nc1cc(Cl)ccc1O)Oc1ccc(Cl)cc1. The highest BCUT2D eigenvalue weighted by molar-refractivity contribution is 6.31. The molecular formula is C15H14Cl2N2O3. The summed E-state index contributed by atoms with van der Waals surface area (Å²) in [6.07, 6.45) is -0.581. The topological polar surface area (TPSA) is 70.6 Å². The van der Waals surface area contributed by atoms with Gasteiger partial charge in [0.15, 0.2) is 6.23 Å². The van der Waals surface area contributed by atoms with Crippen molar-refractivity contribution < 1.29 is 14.6 Å². The molecule has 1 unspecified atom stereocenters. The number of halogens is 2. The Labute approximate surface area is 137 Å². The zero-order valence-electron chi connectivity index (χ0n) is 11.6. The monoisotopic (exact) mass is 340 g/mol. The molecule has 0 saturated carbocycles. The van der Waals surface area contributed by atoms with Crippen LogP contribution in [0.4, 0.5) is 10.5 Å². The van der Waals surface area contributed by atoms with Gasteiger partial charge in [0.1, 0.15) is 11.5 Å². The third-order valence-electron chi connectivity index (χ3n) is 2.67. The number of benzene rings is 2. The smallest absolute Gasteiger partial charge is 0.322 e. The van der Waals surface area contributed by atoms with E-state index in [-0.39, 0.29) is 11.4 Å². The van der Waals surface area contributed by atoms with Crippen LogP contribution in [0.5, 0.6) is 11.5 Å². The molecule has 0 spiro atoms. The van der Waals surface area contributed by atoms with Crippen LogP contribution in [-0.4, -0.2) is 17.4 Å². The Hall–Kier alpha value is -2.11. The molecule has 0 aliphatic carbocycles. The minimum absolute atomic E-state index is 0.0779. The number of carbonyl (C=O) groups is 1. The van der Waals surface area contributed by atoms with E-state index >= 15 is 0 Å². The lowest BCUT2D eigenvalue weighted by Crippen LogP contribution is -2.39. The van der Waals surface area contributed by atoms with Crippen LogP contribution in [0.25, 0.3) is 0 Å². The van der Waals surface area contributed by atoms with Crippen molar-refractivity contribution in [3.8, 4) is 11.5 Å². The second-order valence-corrected chi connectivity index (χ2v) is 5.35. The Morgan fingerprint density at radius 3 is 2.45 bits per heavy atom. The highest BCUT2D eigenvalue weighted by Crippen LogP contribution is 2.26. The normalized spacial score (nSPS) is 11.6. The number of anilines is 1. The van der Waals surface area contributed by atoms with E-state index in [1.807, 2.05) is 0 Å². The number of hydrogen-bond donors (Lipinski definition) is 3. The number of amides is 2. The number of aromatic hydroxyl groups is 1. The van der Waals surface area contributed by atoms with Crippen molar-refractivity contribution >= 4 is 34.9 Å². The summed E-state index contributed by atoms with van der Waals surface area (Å²) in [5.41, 5.74) is 0.212. The number of ether oxygens (including phenoxy) is 1. The summed E-state index contributed by atoms with van der Waals surface area (Å²) in [5.74, 6) is 0.494. The predicted molar refractivity (Wildman–Crippen MR) is 86.8 cm³/mol. The number of nitrogens with one attached hydrogen (secondary N) is 2. The molecule has 0 bridgehead atoms. The second-order valence-electron chi connectivity index (χ2n) is 4.47. The number of phenolic OH excluding ortho intramolecular Hbond substituents is 1. The summed E-state index contributed by atoms with van der Waals surface area (Å²) in [6.45, 7) is 1.67. The van der Waals surface area contributed by atoms with Crippen LogP contribution in [0.1, 0.15) is 6.92 Å². The highest BCUT2D eigenvalue weighted by Gasteiger charge is 2.11. The molecular weight excluding hydrogens is 327 g/mol. The molecule has 0 fully saturated rings. The van der Waals surface area contributed by atoms with Gasteiger partial charge in [0.25, 0.3) is 0 Å². The maximum atomic E-state index is 11.9. The summed E-state index contributed by atoms with van der Waals surface area (Å²) >= 11 is 11.6. The maximum absolute atomic E-state index is 11.9. The van der Waals surface area contributed by atoms with E-state index in [2.05, 4.69) is 10.6 Å². The molecule has 0 aliphatic heterocycles. The zero-order valence-corrected chi connectivity index (χ0v) is 13.2. The summed E-state index contributed by atoms with van der Waals surface area (Å²) in [6, 6.07) is 10.6. The minimum Gasteiger partial charge on any atom is -0.506 e. The Morgan fingerprint density at radius 2 is 1.77 bits per heavy atom. The van der Waals surface area contributed by atoms with Gasteiger partial charge in [0.05, 0.1) is 5.69 Å². The van der Waals surface area contributed by atoms with Crippen molar-refractivity contribution in [2.24, 2.45) is 0 Å². The molecule has 7 heteroatoms. The van der Waals surface area contributed by atoms with Gasteiger partial charge in [-0.3, -0.25) is 0 Å². The fraction of sp³-hybridized carbons (Fsp3) is 0.133. The van der Waals surface area contributed by atoms with E-state index in [0.29, 0.717) is 15.8 Å². The van der Waals surface area contributed by atoms with Gasteiger partial charge in [-0.25, -0.2) is 4.79 Å². The van der Waals surface area contributed by atoms with E-state index < -0.39 is 12.3 Å². The molecule has 22 heavy (non-hydrogen) atoms. The molecule has 0 heterocycles. The summed E-state index contributed by atoms with van der Waals surface area (Å²) in [5, 5.41) is 15.7. The lowest BCUT2D eigenvalue weighted by Gasteiger charge is -2.17. The standard InChI is InChI=1S/C15H14Cl2N2O3/c1-9(22-12-5-2-10(16)3-6-12)18-15(21)19-13-8-11(17)4-7-14(13)20/h2-9,20H,1H3,(H2,18,19,21). The maximum Gasteiger partial charge on any atom is 0.322 e. The van der Waals surface area contributed by atoms with Crippen LogP contribution in [0.3, 0.4) is 0 Å². The molecule has 116 valence electrons. The first-order chi connectivity index (χ1) is 10.4. The van der Waals surface area contributed by atoms with Gasteiger partial charge in [-0.2, -0.15) is 0 Å². The van der Waals surface area contributed by atoms with Gasteiger partial charge >= 0.3 is 6.03 Å². The Balaban J connectivity index is 1.91. The van der Waals surface area contributed by atoms with Crippen LogP contribution in [0.15, 0.2) is 42.5 Å². The number of hydrogen-bond acceptors (Lipinski definition) is 3. The predicted octanol–water partition coefficient (Wildman–Crippen LogP) is 4.25. The molecule has 0 saturated heterocycles. The van der Waals surface area contributed by atoms with Crippen molar-refractivity contribution in [1.29, 1.82) is 0 Å². The minimum atomic E-state index is -0.581. The number of carbonyl (C=O) groups excluding carboxylic acids is 1. The van der Waals surface area contributed by atoms with Crippen LogP contribution in [0.2, 0.25) is 10.0 Å². The zero-order chi connectivity index (χ0) is 16.1. The van der Waals surface area contributed by atoms with Gasteiger partial charge < -0.3 is 20.5 Å². The first-order valence-electron chi connectivity index (χ1n) is 6.42. The number of phenols is 1. The summed E-state index contributed by atoms with van der Waals surface area (Å²) in [4.78, 5) is 11.9. The van der Waals surface area contributed by atoms with Gasteiger partial charge in [-0.1, -0.05) is 23.2 Å². The fourth-order valence-electron chi connectivity index (χ4n) is 1.70. The lowest BCUT2D eigenvalue weighted by molar-refractivity contribution is 0.183. The van der Waals surface area contributed by atoms with E-state index in [0.717, 1.165) is 0 Å². The highest BCUT2D eigenvalue weighted by atomic mass is 35.5. The van der Waals surface area contributed by atoms with Gasteiger partial charge in [-0.15, -0.1) is 0 Å². The van der Waals surface area contributed by atoms with Crippen molar-refractivity contribution in [2.45, 2.75) is 13.2 Å². The van der Waals surface area contributed by atoms with Crippen molar-refractivity contribution in [3.63, 3.8) is 0 Å². The lowest BCUT2D eigenvalue weighted by atomic mass is 10.3. The largest absolute Gasteiger partial charge is 0.506 e. The summed E-state index contributed by atoms with van der Waals surface area (Å²) in [7, 11) is 0. The fourth-order valence-corrected chi connectivity index (χ4v) is 2.00. The van der Waals surface area contributed by atoms with Gasteiger partial charge in [0, 0.05) is 10.0 Å². The van der Waals surface area contributed by atoms with Crippen LogP contribution in [0, 0.1) is 0 Å². The van der Waals surface area contributed by atoms with Crippen LogP contribution < -0.4 is 15.4 Å². The van der Waals surface area contributed by atoms with Crippen molar-refractivity contribution in [3.05, 3.63) is 52.5 Å². The first kappa shape index (κ1) is 16.3. The average Bonchev–Trinajstić information content (AvgIpc) is 2.45. The first-order valence-corrected chi connectivity index (χ1v) is 7.18. The number of urea groups is 1. The Morgan fingerprint density at radius 1 is 1.14 bits per heavy atom.